The molecule has 2 N–H and O–H groups in total. The van der Waals surface area contributed by atoms with Gasteiger partial charge in [-0.3, -0.25) is 19.8 Å². The van der Waals surface area contributed by atoms with Crippen molar-refractivity contribution in [1.29, 1.82) is 0 Å². The number of aromatic carboxylic acids is 1. The minimum Gasteiger partial charge on any atom is -0.478 e. The molecule has 7 nitrogen and oxygen atoms in total. The van der Waals surface area contributed by atoms with Crippen LogP contribution in [0.15, 0.2) is 76.9 Å². The lowest BCUT2D eigenvalue weighted by atomic mass is 10.1. The lowest BCUT2D eigenvalue weighted by Crippen LogP contribution is -2.54. The highest BCUT2D eigenvalue weighted by atomic mass is 79.9. The zero-order chi connectivity index (χ0) is 22.1. The summed E-state index contributed by atoms with van der Waals surface area (Å²) < 4.78 is 2.45. The quantitative estimate of drug-likeness (QED) is 0.326. The molecule has 0 spiro atoms. The van der Waals surface area contributed by atoms with Gasteiger partial charge in [0.05, 0.1) is 11.3 Å². The molecule has 0 unspecified atom stereocenters. The molecule has 4 rings (SSSR count). The van der Waals surface area contributed by atoms with Gasteiger partial charge in [0.15, 0.2) is 5.11 Å². The number of carbonyl (C=O) groups is 3. The summed E-state index contributed by atoms with van der Waals surface area (Å²) in [7, 11) is 0. The smallest absolute Gasteiger partial charge is 0.335 e. The van der Waals surface area contributed by atoms with Crippen LogP contribution in [0, 0.1) is 0 Å². The predicted octanol–water partition coefficient (Wildman–Crippen LogP) is 3.77. The van der Waals surface area contributed by atoms with Crippen molar-refractivity contribution in [2.75, 3.05) is 4.90 Å². The van der Waals surface area contributed by atoms with E-state index in [1.54, 1.807) is 53.2 Å². The molecule has 31 heavy (non-hydrogen) atoms. The molecule has 9 heteroatoms. The van der Waals surface area contributed by atoms with Gasteiger partial charge in [-0.1, -0.05) is 28.1 Å². The zero-order valence-corrected chi connectivity index (χ0v) is 18.2. The Kier molecular flexibility index (Phi) is 5.53. The Morgan fingerprint density at radius 1 is 1.03 bits per heavy atom. The van der Waals surface area contributed by atoms with Crippen LogP contribution in [0.1, 0.15) is 16.1 Å². The summed E-state index contributed by atoms with van der Waals surface area (Å²) in [6.45, 7) is 0. The largest absolute Gasteiger partial charge is 0.478 e. The highest BCUT2D eigenvalue weighted by Crippen LogP contribution is 2.25. The molecular weight excluding hydrogens is 482 g/mol. The van der Waals surface area contributed by atoms with E-state index in [1.807, 2.05) is 6.07 Å². The molecule has 0 aliphatic carbocycles. The molecule has 1 fully saturated rings. The fourth-order valence-electron chi connectivity index (χ4n) is 3.19. The molecule has 2 amide bonds. The monoisotopic (exact) mass is 495 g/mol. The van der Waals surface area contributed by atoms with Crippen LogP contribution < -0.4 is 10.2 Å². The maximum Gasteiger partial charge on any atom is 0.335 e. The lowest BCUT2D eigenvalue weighted by molar-refractivity contribution is -0.122. The molecule has 1 aliphatic heterocycles. The number of nitrogens with zero attached hydrogens (tertiary/aromatic N) is 2. The van der Waals surface area contributed by atoms with Gasteiger partial charge in [0, 0.05) is 22.1 Å². The molecule has 0 saturated carbocycles. The van der Waals surface area contributed by atoms with Crippen molar-refractivity contribution in [2.45, 2.75) is 0 Å². The molecule has 154 valence electrons. The van der Waals surface area contributed by atoms with Gasteiger partial charge < -0.3 is 9.67 Å². The van der Waals surface area contributed by atoms with Gasteiger partial charge in [-0.2, -0.15) is 0 Å². The number of hydrogen-bond donors (Lipinski definition) is 2. The first-order valence-electron chi connectivity index (χ1n) is 9.03. The van der Waals surface area contributed by atoms with Gasteiger partial charge in [0.25, 0.3) is 11.8 Å². The number of carboxylic acid groups (broad SMARTS) is 1. The van der Waals surface area contributed by atoms with E-state index in [9.17, 15) is 19.5 Å². The third-order valence-electron chi connectivity index (χ3n) is 4.61. The third kappa shape index (κ3) is 4.05. The van der Waals surface area contributed by atoms with Crippen molar-refractivity contribution in [2.24, 2.45) is 0 Å². The normalized spacial score (nSPS) is 15.3. The number of carbonyl (C=O) groups excluding carboxylic acids is 2. The number of aromatic nitrogens is 1. The molecular formula is C22H14BrN3O4S. The van der Waals surface area contributed by atoms with E-state index in [0.717, 1.165) is 4.47 Å². The SMILES string of the molecule is O=C1NC(=S)N(c2cccc(Br)c2)C(=O)/C1=C/c1cccn1-c1cccc(C(=O)O)c1. The molecule has 3 aromatic rings. The standard InChI is InChI=1S/C22H14BrN3O4S/c23-14-5-2-7-17(11-14)26-20(28)18(19(27)24-22(26)31)12-16-8-3-9-25(16)15-6-1-4-13(10-15)21(29)30/h1-12H,(H,29,30)(H,24,27,31)/b18-12+. The van der Waals surface area contributed by atoms with E-state index in [-0.39, 0.29) is 16.2 Å². The van der Waals surface area contributed by atoms with Crippen LogP contribution in [0.2, 0.25) is 0 Å². The van der Waals surface area contributed by atoms with Gasteiger partial charge in [-0.25, -0.2) is 4.79 Å². The summed E-state index contributed by atoms with van der Waals surface area (Å²) in [6.07, 6.45) is 3.17. The van der Waals surface area contributed by atoms with Crippen molar-refractivity contribution < 1.29 is 19.5 Å². The van der Waals surface area contributed by atoms with Crippen LogP contribution in [-0.4, -0.2) is 32.6 Å². The van der Waals surface area contributed by atoms with Gasteiger partial charge in [-0.05, 0) is 66.8 Å². The van der Waals surface area contributed by atoms with E-state index >= 15 is 0 Å². The number of halogens is 1. The van der Waals surface area contributed by atoms with Crippen LogP contribution in [0.4, 0.5) is 5.69 Å². The number of nitrogens with one attached hydrogen (secondary N) is 1. The minimum absolute atomic E-state index is 0.00482. The summed E-state index contributed by atoms with van der Waals surface area (Å²) in [6, 6.07) is 16.8. The van der Waals surface area contributed by atoms with Gasteiger partial charge >= 0.3 is 5.97 Å². The Balaban J connectivity index is 1.75. The molecule has 2 heterocycles. The average molecular weight is 496 g/mol. The summed E-state index contributed by atoms with van der Waals surface area (Å²) in [5, 5.41) is 11.8. The van der Waals surface area contributed by atoms with Crippen LogP contribution in [-0.2, 0) is 9.59 Å². The number of anilines is 1. The molecule has 1 aliphatic rings. The van der Waals surface area contributed by atoms with Gasteiger partial charge in [0.1, 0.15) is 5.57 Å². The summed E-state index contributed by atoms with van der Waals surface area (Å²) >= 11 is 8.59. The highest BCUT2D eigenvalue weighted by molar-refractivity contribution is 9.10. The first-order chi connectivity index (χ1) is 14.8. The topological polar surface area (TPSA) is 91.6 Å². The van der Waals surface area contributed by atoms with Crippen LogP contribution in [0.5, 0.6) is 0 Å². The fraction of sp³-hybridized carbons (Fsp3) is 0. The Labute approximate surface area is 190 Å². The van der Waals surface area contributed by atoms with Crippen molar-refractivity contribution in [3.63, 3.8) is 0 Å². The minimum atomic E-state index is -1.05. The second kappa shape index (κ2) is 8.29. The number of hydrogen-bond acceptors (Lipinski definition) is 4. The second-order valence-electron chi connectivity index (χ2n) is 6.60. The van der Waals surface area contributed by atoms with E-state index in [4.69, 9.17) is 12.2 Å². The Hall–Kier alpha value is -3.56. The van der Waals surface area contributed by atoms with E-state index < -0.39 is 17.8 Å². The fourth-order valence-corrected chi connectivity index (χ4v) is 3.86. The van der Waals surface area contributed by atoms with Gasteiger partial charge in [0.2, 0.25) is 0 Å². The van der Waals surface area contributed by atoms with E-state index in [1.165, 1.54) is 23.1 Å². The third-order valence-corrected chi connectivity index (χ3v) is 5.39. The molecule has 0 radical (unpaired) electrons. The first kappa shape index (κ1) is 20.7. The summed E-state index contributed by atoms with van der Waals surface area (Å²) in [4.78, 5) is 38.3. The molecule has 2 aromatic carbocycles. The zero-order valence-electron chi connectivity index (χ0n) is 15.8. The number of carboxylic acids is 1. The number of thiocarbonyl (C=S) groups is 1. The van der Waals surface area contributed by atoms with E-state index in [0.29, 0.717) is 17.1 Å². The van der Waals surface area contributed by atoms with Crippen LogP contribution >= 0.6 is 28.1 Å². The van der Waals surface area contributed by atoms with Crippen LogP contribution in [0.25, 0.3) is 11.8 Å². The van der Waals surface area contributed by atoms with Gasteiger partial charge in [-0.15, -0.1) is 0 Å². The maximum absolute atomic E-state index is 13.2. The number of rotatable bonds is 4. The van der Waals surface area contributed by atoms with Crippen molar-refractivity contribution in [3.05, 3.63) is 88.2 Å². The predicted molar refractivity (Wildman–Crippen MR) is 123 cm³/mol. The Morgan fingerprint density at radius 3 is 2.52 bits per heavy atom. The van der Waals surface area contributed by atoms with Crippen molar-refractivity contribution in [3.8, 4) is 5.69 Å². The van der Waals surface area contributed by atoms with Crippen molar-refractivity contribution >= 4 is 62.8 Å². The summed E-state index contributed by atoms with van der Waals surface area (Å²) in [5.74, 6) is -2.21. The molecule has 1 aromatic heterocycles. The summed E-state index contributed by atoms with van der Waals surface area (Å²) in [5.41, 5.74) is 1.66. The molecule has 1 saturated heterocycles. The molecule has 0 bridgehead atoms. The first-order valence-corrected chi connectivity index (χ1v) is 10.2. The van der Waals surface area contributed by atoms with Crippen LogP contribution in [0.3, 0.4) is 0 Å². The maximum atomic E-state index is 13.2. The lowest BCUT2D eigenvalue weighted by Gasteiger charge is -2.29. The average Bonchev–Trinajstić information content (AvgIpc) is 3.19. The molecule has 0 atom stereocenters. The van der Waals surface area contributed by atoms with E-state index in [2.05, 4.69) is 21.2 Å². The Bertz CT molecular complexity index is 1280. The number of amides is 2. The highest BCUT2D eigenvalue weighted by Gasteiger charge is 2.34. The second-order valence-corrected chi connectivity index (χ2v) is 7.90. The number of benzene rings is 2. The van der Waals surface area contributed by atoms with Crippen molar-refractivity contribution in [1.82, 2.24) is 9.88 Å². The Morgan fingerprint density at radius 2 is 1.77 bits per heavy atom.